The number of nitrogens with zero attached hydrogens (tertiary/aromatic N) is 1. The summed E-state index contributed by atoms with van der Waals surface area (Å²) in [6.45, 7) is 5.24. The summed E-state index contributed by atoms with van der Waals surface area (Å²) < 4.78 is 33.2. The Labute approximate surface area is 186 Å². The highest BCUT2D eigenvalue weighted by Crippen LogP contribution is 2.26. The van der Waals surface area contributed by atoms with Crippen LogP contribution in [0.1, 0.15) is 35.9 Å². The maximum atomic E-state index is 12.7. The van der Waals surface area contributed by atoms with Crippen LogP contribution < -0.4 is 10.0 Å². The van der Waals surface area contributed by atoms with Crippen molar-refractivity contribution in [2.24, 2.45) is 0 Å². The molecule has 2 aromatic carbocycles. The van der Waals surface area contributed by atoms with E-state index < -0.39 is 10.0 Å². The Morgan fingerprint density at radius 1 is 1.13 bits per heavy atom. The van der Waals surface area contributed by atoms with Crippen molar-refractivity contribution in [3.63, 3.8) is 0 Å². The first-order valence-electron chi connectivity index (χ1n) is 9.53. The molecule has 1 amide bonds. The molecule has 2 N–H and O–H groups in total. The summed E-state index contributed by atoms with van der Waals surface area (Å²) in [5.74, 6) is 0.270. The van der Waals surface area contributed by atoms with Gasteiger partial charge in [-0.15, -0.1) is 0 Å². The molecular formula is C22H22ClN3O4S. The van der Waals surface area contributed by atoms with Gasteiger partial charge in [-0.1, -0.05) is 48.0 Å². The van der Waals surface area contributed by atoms with Crippen LogP contribution in [0.25, 0.3) is 12.2 Å². The Bertz CT molecular complexity index is 1230. The fourth-order valence-corrected chi connectivity index (χ4v) is 4.03. The van der Waals surface area contributed by atoms with Gasteiger partial charge < -0.3 is 9.84 Å². The smallest absolute Gasteiger partial charge is 0.261 e. The quantitative estimate of drug-likeness (QED) is 0.501. The average Bonchev–Trinajstić information content (AvgIpc) is 3.09. The van der Waals surface area contributed by atoms with E-state index in [2.05, 4.69) is 15.2 Å². The standard InChI is InChI=1S/C22H22ClN3O4S/c1-4-21(27)24-22-15(3)25-30-20(22)13-10-16-8-11-17(12-9-16)31(28,29)26-19-7-5-6-18(23)14(19)2/h5-13,26H,4H2,1-3H3,(H,24,27)/b13-10-. The van der Waals surface area contributed by atoms with Gasteiger partial charge in [0.05, 0.1) is 10.6 Å². The minimum Gasteiger partial charge on any atom is -0.354 e. The van der Waals surface area contributed by atoms with Crippen LogP contribution in [0.4, 0.5) is 11.4 Å². The van der Waals surface area contributed by atoms with Gasteiger partial charge in [0, 0.05) is 11.4 Å². The lowest BCUT2D eigenvalue weighted by Crippen LogP contribution is -2.13. The summed E-state index contributed by atoms with van der Waals surface area (Å²) >= 11 is 6.07. The first-order valence-corrected chi connectivity index (χ1v) is 11.4. The van der Waals surface area contributed by atoms with Gasteiger partial charge >= 0.3 is 0 Å². The molecule has 7 nitrogen and oxygen atoms in total. The Balaban J connectivity index is 1.78. The maximum Gasteiger partial charge on any atom is 0.261 e. The molecular weight excluding hydrogens is 438 g/mol. The second kappa shape index (κ2) is 9.36. The molecule has 0 unspecified atom stereocenters. The Morgan fingerprint density at radius 2 is 1.84 bits per heavy atom. The van der Waals surface area contributed by atoms with Crippen LogP contribution in [0, 0.1) is 13.8 Å². The van der Waals surface area contributed by atoms with E-state index in [9.17, 15) is 13.2 Å². The number of aromatic nitrogens is 1. The molecule has 162 valence electrons. The number of aryl methyl sites for hydroxylation is 1. The van der Waals surface area contributed by atoms with Crippen LogP contribution in [-0.2, 0) is 14.8 Å². The first-order chi connectivity index (χ1) is 14.7. The Kier molecular flexibility index (Phi) is 6.82. The summed E-state index contributed by atoms with van der Waals surface area (Å²) in [7, 11) is -3.76. The average molecular weight is 460 g/mol. The highest BCUT2D eigenvalue weighted by atomic mass is 35.5. The fourth-order valence-electron chi connectivity index (χ4n) is 2.73. The van der Waals surface area contributed by atoms with Crippen LogP contribution in [0.2, 0.25) is 5.02 Å². The largest absolute Gasteiger partial charge is 0.354 e. The van der Waals surface area contributed by atoms with Gasteiger partial charge in [0.15, 0.2) is 5.76 Å². The van der Waals surface area contributed by atoms with Gasteiger partial charge in [-0.3, -0.25) is 9.52 Å². The zero-order valence-electron chi connectivity index (χ0n) is 17.3. The van der Waals surface area contributed by atoms with E-state index in [4.69, 9.17) is 16.1 Å². The van der Waals surface area contributed by atoms with Crippen molar-refractivity contribution in [2.75, 3.05) is 10.0 Å². The lowest BCUT2D eigenvalue weighted by Gasteiger charge is -2.11. The second-order valence-electron chi connectivity index (χ2n) is 6.83. The number of anilines is 2. The lowest BCUT2D eigenvalue weighted by molar-refractivity contribution is -0.115. The molecule has 0 bridgehead atoms. The van der Waals surface area contributed by atoms with Crippen molar-refractivity contribution in [3.05, 3.63) is 70.1 Å². The minimum absolute atomic E-state index is 0.121. The fraction of sp³-hybridized carbons (Fsp3) is 0.182. The molecule has 0 fully saturated rings. The molecule has 0 radical (unpaired) electrons. The number of sulfonamides is 1. The minimum atomic E-state index is -3.76. The van der Waals surface area contributed by atoms with Crippen LogP contribution in [0.5, 0.6) is 0 Å². The summed E-state index contributed by atoms with van der Waals surface area (Å²) in [6, 6.07) is 11.4. The van der Waals surface area contributed by atoms with E-state index in [-0.39, 0.29) is 10.8 Å². The summed E-state index contributed by atoms with van der Waals surface area (Å²) in [5, 5.41) is 7.12. The number of carbonyl (C=O) groups excluding carboxylic acids is 1. The van der Waals surface area contributed by atoms with Crippen LogP contribution in [0.3, 0.4) is 0 Å². The molecule has 1 aromatic heterocycles. The normalized spacial score (nSPS) is 11.6. The van der Waals surface area contributed by atoms with E-state index in [0.717, 1.165) is 5.56 Å². The number of nitrogens with one attached hydrogen (secondary N) is 2. The summed E-state index contributed by atoms with van der Waals surface area (Å²) in [5.41, 5.74) is 2.92. The van der Waals surface area contributed by atoms with Crippen LogP contribution >= 0.6 is 11.6 Å². The molecule has 0 aliphatic carbocycles. The molecule has 3 rings (SSSR count). The molecule has 31 heavy (non-hydrogen) atoms. The SMILES string of the molecule is CCC(=O)Nc1c(C)noc1/C=C\c1ccc(S(=O)(=O)Nc2cccc(Cl)c2C)cc1. The molecule has 1 heterocycles. The molecule has 0 spiro atoms. The van der Waals surface area contributed by atoms with Gasteiger partial charge in [0.1, 0.15) is 11.4 Å². The zero-order valence-corrected chi connectivity index (χ0v) is 18.8. The number of halogens is 1. The molecule has 0 saturated heterocycles. The monoisotopic (exact) mass is 459 g/mol. The third-order valence-corrected chi connectivity index (χ3v) is 6.40. The number of hydrogen-bond acceptors (Lipinski definition) is 5. The Morgan fingerprint density at radius 3 is 2.52 bits per heavy atom. The summed E-state index contributed by atoms with van der Waals surface area (Å²) in [4.78, 5) is 11.8. The lowest BCUT2D eigenvalue weighted by atomic mass is 10.2. The number of benzene rings is 2. The third kappa shape index (κ3) is 5.34. The third-order valence-electron chi connectivity index (χ3n) is 4.60. The molecule has 0 aliphatic heterocycles. The van der Waals surface area contributed by atoms with Crippen molar-refractivity contribution < 1.29 is 17.7 Å². The molecule has 0 saturated carbocycles. The highest BCUT2D eigenvalue weighted by molar-refractivity contribution is 7.92. The first kappa shape index (κ1) is 22.6. The van der Waals surface area contributed by atoms with Crippen molar-refractivity contribution in [1.82, 2.24) is 5.16 Å². The van der Waals surface area contributed by atoms with E-state index in [1.54, 1.807) is 63.3 Å². The van der Waals surface area contributed by atoms with E-state index in [1.165, 1.54) is 12.1 Å². The Hall–Kier alpha value is -3.10. The van der Waals surface area contributed by atoms with E-state index >= 15 is 0 Å². The van der Waals surface area contributed by atoms with Crippen molar-refractivity contribution in [1.29, 1.82) is 0 Å². The van der Waals surface area contributed by atoms with E-state index in [0.29, 0.717) is 39.8 Å². The highest BCUT2D eigenvalue weighted by Gasteiger charge is 2.16. The summed E-state index contributed by atoms with van der Waals surface area (Å²) in [6.07, 6.45) is 3.75. The maximum absolute atomic E-state index is 12.7. The van der Waals surface area contributed by atoms with E-state index in [1.807, 2.05) is 0 Å². The van der Waals surface area contributed by atoms with Gasteiger partial charge in [0.25, 0.3) is 10.0 Å². The van der Waals surface area contributed by atoms with Gasteiger partial charge in [-0.25, -0.2) is 8.42 Å². The zero-order chi connectivity index (χ0) is 22.6. The van der Waals surface area contributed by atoms with Crippen LogP contribution in [-0.4, -0.2) is 19.5 Å². The second-order valence-corrected chi connectivity index (χ2v) is 8.92. The van der Waals surface area contributed by atoms with Gasteiger partial charge in [0.2, 0.25) is 5.91 Å². The topological polar surface area (TPSA) is 101 Å². The van der Waals surface area contributed by atoms with Crippen molar-refractivity contribution in [3.8, 4) is 0 Å². The number of amides is 1. The predicted molar refractivity (Wildman–Crippen MR) is 123 cm³/mol. The molecule has 9 heteroatoms. The van der Waals surface area contributed by atoms with Gasteiger partial charge in [-0.05, 0) is 55.3 Å². The van der Waals surface area contributed by atoms with Gasteiger partial charge in [-0.2, -0.15) is 0 Å². The van der Waals surface area contributed by atoms with Crippen LogP contribution in [0.15, 0.2) is 51.9 Å². The van der Waals surface area contributed by atoms with Crippen molar-refractivity contribution >= 4 is 51.1 Å². The predicted octanol–water partition coefficient (Wildman–Crippen LogP) is 5.26. The number of rotatable bonds is 7. The molecule has 3 aromatic rings. The van der Waals surface area contributed by atoms with Crippen molar-refractivity contribution in [2.45, 2.75) is 32.1 Å². The number of hydrogen-bond donors (Lipinski definition) is 2. The molecule has 0 aliphatic rings. The molecule has 0 atom stereocenters. The number of carbonyl (C=O) groups is 1.